The first-order valence-electron chi connectivity index (χ1n) is 5.27. The van der Waals surface area contributed by atoms with Gasteiger partial charge < -0.3 is 4.98 Å². The second-order valence-electron chi connectivity index (χ2n) is 3.73. The molecule has 0 spiro atoms. The van der Waals surface area contributed by atoms with Crippen LogP contribution in [0, 0.1) is 11.3 Å². The number of aromatic nitrogens is 2. The number of nitrogens with one attached hydrogen (secondary N) is 1. The van der Waals surface area contributed by atoms with Crippen LogP contribution < -0.4 is 5.56 Å². The molecule has 0 aliphatic carbocycles. The number of benzene rings is 1. The molecule has 3 aromatic rings. The third-order valence-electron chi connectivity index (χ3n) is 2.58. The number of thiazole rings is 1. The molecule has 0 aliphatic heterocycles. The van der Waals surface area contributed by atoms with Crippen LogP contribution in [0.3, 0.4) is 0 Å². The summed E-state index contributed by atoms with van der Waals surface area (Å²) < 4.78 is 0.622. The van der Waals surface area contributed by atoms with Gasteiger partial charge in [-0.3, -0.25) is 4.79 Å². The molecule has 5 heteroatoms. The van der Waals surface area contributed by atoms with Gasteiger partial charge in [-0.15, -0.1) is 11.3 Å². The Bertz CT molecular complexity index is 809. The van der Waals surface area contributed by atoms with E-state index in [2.05, 4.69) is 16.0 Å². The molecular formula is C13H7N3OS. The lowest BCUT2D eigenvalue weighted by atomic mass is 10.1. The lowest BCUT2D eigenvalue weighted by Crippen LogP contribution is -2.01. The largest absolute Gasteiger partial charge is 0.328 e. The maximum Gasteiger partial charge on any atom is 0.267 e. The molecule has 0 fully saturated rings. The molecule has 0 unspecified atom stereocenters. The van der Waals surface area contributed by atoms with Gasteiger partial charge in [0.2, 0.25) is 0 Å². The number of nitriles is 1. The molecule has 0 bridgehead atoms. The van der Waals surface area contributed by atoms with Crippen molar-refractivity contribution in [2.24, 2.45) is 0 Å². The van der Waals surface area contributed by atoms with Crippen molar-refractivity contribution in [1.29, 1.82) is 5.26 Å². The SMILES string of the molecule is N#Cc1ccc(-c2nc3cc[nH]c(=O)c3s2)cc1. The van der Waals surface area contributed by atoms with Gasteiger partial charge in [-0.1, -0.05) is 12.1 Å². The summed E-state index contributed by atoms with van der Waals surface area (Å²) in [4.78, 5) is 18.6. The minimum atomic E-state index is -0.120. The zero-order chi connectivity index (χ0) is 12.5. The van der Waals surface area contributed by atoms with Gasteiger partial charge in [-0.05, 0) is 18.2 Å². The van der Waals surface area contributed by atoms with Gasteiger partial charge >= 0.3 is 0 Å². The number of nitrogens with zero attached hydrogens (tertiary/aromatic N) is 2. The molecular weight excluding hydrogens is 246 g/mol. The predicted octanol–water partition coefficient (Wildman–Crippen LogP) is 2.52. The molecule has 0 radical (unpaired) electrons. The Hall–Kier alpha value is -2.45. The first-order valence-corrected chi connectivity index (χ1v) is 6.08. The van der Waals surface area contributed by atoms with Crippen LogP contribution in [-0.2, 0) is 0 Å². The third kappa shape index (κ3) is 1.69. The average molecular weight is 253 g/mol. The van der Waals surface area contributed by atoms with E-state index in [4.69, 9.17) is 5.26 Å². The topological polar surface area (TPSA) is 69.5 Å². The summed E-state index contributed by atoms with van der Waals surface area (Å²) in [6.07, 6.45) is 1.59. The maximum absolute atomic E-state index is 11.6. The molecule has 2 heterocycles. The summed E-state index contributed by atoms with van der Waals surface area (Å²) in [6.45, 7) is 0. The lowest BCUT2D eigenvalue weighted by Gasteiger charge is -1.94. The van der Waals surface area contributed by atoms with E-state index in [1.165, 1.54) is 11.3 Å². The summed E-state index contributed by atoms with van der Waals surface area (Å²) in [5, 5.41) is 9.52. The highest BCUT2D eigenvalue weighted by atomic mass is 32.1. The fourth-order valence-electron chi connectivity index (χ4n) is 1.68. The highest BCUT2D eigenvalue weighted by Crippen LogP contribution is 2.27. The number of aromatic amines is 1. The number of pyridine rings is 1. The molecule has 86 valence electrons. The van der Waals surface area contributed by atoms with Gasteiger partial charge in [0.25, 0.3) is 5.56 Å². The van der Waals surface area contributed by atoms with Crippen molar-refractivity contribution in [2.75, 3.05) is 0 Å². The van der Waals surface area contributed by atoms with Crippen LogP contribution in [0.2, 0.25) is 0 Å². The van der Waals surface area contributed by atoms with Crippen LogP contribution in [0.4, 0.5) is 0 Å². The van der Waals surface area contributed by atoms with Crippen molar-refractivity contribution >= 4 is 21.6 Å². The third-order valence-corrected chi connectivity index (χ3v) is 3.70. The molecule has 0 saturated heterocycles. The zero-order valence-corrected chi connectivity index (χ0v) is 9.99. The Morgan fingerprint density at radius 2 is 2.00 bits per heavy atom. The van der Waals surface area contributed by atoms with Gasteiger partial charge in [0, 0.05) is 11.8 Å². The minimum absolute atomic E-state index is 0.120. The molecule has 1 N–H and O–H groups in total. The second kappa shape index (κ2) is 4.09. The molecule has 4 nitrogen and oxygen atoms in total. The highest BCUT2D eigenvalue weighted by Gasteiger charge is 2.08. The standard InChI is InChI=1S/C13H7N3OS/c14-7-8-1-3-9(4-2-8)13-16-10-5-6-15-12(17)11(10)18-13/h1-6H,(H,15,17). The quantitative estimate of drug-likeness (QED) is 0.724. The molecule has 0 saturated carbocycles. The number of H-pyrrole nitrogens is 1. The Balaban J connectivity index is 2.17. The van der Waals surface area contributed by atoms with E-state index in [0.29, 0.717) is 15.8 Å². The number of hydrogen-bond donors (Lipinski definition) is 1. The van der Waals surface area contributed by atoms with Crippen LogP contribution >= 0.6 is 11.3 Å². The first-order chi connectivity index (χ1) is 8.78. The monoisotopic (exact) mass is 253 g/mol. The van der Waals surface area contributed by atoms with E-state index in [1.807, 2.05) is 12.1 Å². The van der Waals surface area contributed by atoms with E-state index in [1.54, 1.807) is 24.4 Å². The van der Waals surface area contributed by atoms with Crippen LogP contribution in [0.15, 0.2) is 41.3 Å². The second-order valence-corrected chi connectivity index (χ2v) is 4.73. The molecule has 2 aromatic heterocycles. The highest BCUT2D eigenvalue weighted by molar-refractivity contribution is 7.21. The van der Waals surface area contributed by atoms with Crippen LogP contribution in [0.5, 0.6) is 0 Å². The van der Waals surface area contributed by atoms with E-state index >= 15 is 0 Å². The van der Waals surface area contributed by atoms with E-state index in [-0.39, 0.29) is 5.56 Å². The van der Waals surface area contributed by atoms with Crippen molar-refractivity contribution in [3.63, 3.8) is 0 Å². The van der Waals surface area contributed by atoms with Crippen LogP contribution in [-0.4, -0.2) is 9.97 Å². The Morgan fingerprint density at radius 1 is 1.22 bits per heavy atom. The molecule has 0 aliphatic rings. The fourth-order valence-corrected chi connectivity index (χ4v) is 2.64. The van der Waals surface area contributed by atoms with E-state index in [0.717, 1.165) is 10.6 Å². The summed E-state index contributed by atoms with van der Waals surface area (Å²) in [7, 11) is 0. The lowest BCUT2D eigenvalue weighted by molar-refractivity contribution is 1.28. The van der Waals surface area contributed by atoms with Crippen molar-refractivity contribution in [3.05, 3.63) is 52.4 Å². The van der Waals surface area contributed by atoms with Crippen LogP contribution in [0.1, 0.15) is 5.56 Å². The average Bonchev–Trinajstić information content (AvgIpc) is 2.84. The van der Waals surface area contributed by atoms with Gasteiger partial charge in [-0.25, -0.2) is 4.98 Å². The van der Waals surface area contributed by atoms with Crippen LogP contribution in [0.25, 0.3) is 20.8 Å². The number of rotatable bonds is 1. The first kappa shape index (κ1) is 10.7. The summed E-state index contributed by atoms with van der Waals surface area (Å²) in [5.41, 5.74) is 2.10. The Morgan fingerprint density at radius 3 is 2.67 bits per heavy atom. The molecule has 18 heavy (non-hydrogen) atoms. The molecule has 3 rings (SSSR count). The predicted molar refractivity (Wildman–Crippen MR) is 70.4 cm³/mol. The van der Waals surface area contributed by atoms with Crippen molar-refractivity contribution in [1.82, 2.24) is 9.97 Å². The van der Waals surface area contributed by atoms with Gasteiger partial charge in [-0.2, -0.15) is 5.26 Å². The fraction of sp³-hybridized carbons (Fsp3) is 0. The van der Waals surface area contributed by atoms with Gasteiger partial charge in [0.1, 0.15) is 9.71 Å². The van der Waals surface area contributed by atoms with Gasteiger partial charge in [0.15, 0.2) is 0 Å². The maximum atomic E-state index is 11.6. The molecule has 0 amide bonds. The molecule has 0 atom stereocenters. The van der Waals surface area contributed by atoms with E-state index < -0.39 is 0 Å². The smallest absolute Gasteiger partial charge is 0.267 e. The van der Waals surface area contributed by atoms with E-state index in [9.17, 15) is 4.79 Å². The number of hydrogen-bond acceptors (Lipinski definition) is 4. The number of fused-ring (bicyclic) bond motifs is 1. The summed E-state index contributed by atoms with van der Waals surface area (Å²) >= 11 is 1.35. The van der Waals surface area contributed by atoms with Crippen molar-refractivity contribution < 1.29 is 0 Å². The zero-order valence-electron chi connectivity index (χ0n) is 9.18. The normalized spacial score (nSPS) is 10.4. The Kier molecular flexibility index (Phi) is 2.43. The minimum Gasteiger partial charge on any atom is -0.328 e. The summed E-state index contributed by atoms with van der Waals surface area (Å²) in [5.74, 6) is 0. The van der Waals surface area contributed by atoms with Gasteiger partial charge in [0.05, 0.1) is 17.1 Å². The van der Waals surface area contributed by atoms with Crippen molar-refractivity contribution in [3.8, 4) is 16.6 Å². The van der Waals surface area contributed by atoms with Crippen molar-refractivity contribution in [2.45, 2.75) is 0 Å². The molecule has 1 aromatic carbocycles. The summed E-state index contributed by atoms with van der Waals surface area (Å²) in [6, 6.07) is 11.0. The Labute approximate surface area is 106 Å².